The smallest absolute Gasteiger partial charge is 0.371 e. The average Bonchev–Trinajstić information content (AvgIpc) is 3.24. The Bertz CT molecular complexity index is 1200. The molecule has 1 fully saturated rings. The fourth-order valence-electron chi connectivity index (χ4n) is 3.79. The van der Waals surface area contributed by atoms with Crippen LogP contribution in [-0.2, 0) is 16.1 Å². The van der Waals surface area contributed by atoms with Crippen molar-refractivity contribution in [2.75, 3.05) is 33.4 Å². The first kappa shape index (κ1) is 23.9. The van der Waals surface area contributed by atoms with E-state index in [2.05, 4.69) is 15.2 Å². The molecule has 0 amide bonds. The molecule has 0 saturated carbocycles. The van der Waals surface area contributed by atoms with E-state index in [9.17, 15) is 4.79 Å². The number of oxime groups is 1. The Morgan fingerprint density at radius 3 is 2.71 bits per heavy atom. The number of nitrogens with zero attached hydrogens (tertiary/aromatic N) is 3. The highest BCUT2D eigenvalue weighted by Gasteiger charge is 2.25. The summed E-state index contributed by atoms with van der Waals surface area (Å²) in [5, 5.41) is 8.54. The lowest BCUT2D eigenvalue weighted by atomic mass is 10.1. The van der Waals surface area contributed by atoms with E-state index in [0.29, 0.717) is 27.8 Å². The highest BCUT2D eigenvalue weighted by molar-refractivity contribution is 6.33. The molecule has 1 aromatic heterocycles. The summed E-state index contributed by atoms with van der Waals surface area (Å²) >= 11 is 6.28. The third kappa shape index (κ3) is 5.30. The van der Waals surface area contributed by atoms with Gasteiger partial charge in [0, 0.05) is 30.8 Å². The van der Waals surface area contributed by atoms with Crippen LogP contribution in [0.2, 0.25) is 5.02 Å². The first-order valence-corrected chi connectivity index (χ1v) is 11.3. The predicted octanol–water partition coefficient (Wildman–Crippen LogP) is 4.73. The van der Waals surface area contributed by atoms with Crippen LogP contribution in [-0.4, -0.2) is 55.2 Å². The van der Waals surface area contributed by atoms with Crippen LogP contribution in [0.4, 0.5) is 0 Å². The van der Waals surface area contributed by atoms with E-state index in [-0.39, 0.29) is 5.56 Å². The van der Waals surface area contributed by atoms with Gasteiger partial charge in [-0.15, -0.1) is 0 Å². The largest absolute Gasteiger partial charge is 0.496 e. The summed E-state index contributed by atoms with van der Waals surface area (Å²) in [6, 6.07) is 12.9. The van der Waals surface area contributed by atoms with Crippen molar-refractivity contribution < 1.29 is 23.6 Å². The molecule has 0 radical (unpaired) electrons. The number of rotatable bonds is 7. The molecule has 0 unspecified atom stereocenters. The number of aromatic nitrogens is 1. The van der Waals surface area contributed by atoms with Crippen LogP contribution in [0.3, 0.4) is 0 Å². The van der Waals surface area contributed by atoms with Crippen LogP contribution in [0.5, 0.6) is 5.75 Å². The second-order valence-corrected chi connectivity index (χ2v) is 8.32. The summed E-state index contributed by atoms with van der Waals surface area (Å²) in [6.07, 6.45) is 0. The molecule has 4 rings (SSSR count). The Morgan fingerprint density at radius 1 is 1.21 bits per heavy atom. The van der Waals surface area contributed by atoms with E-state index >= 15 is 0 Å². The van der Waals surface area contributed by atoms with E-state index in [0.717, 1.165) is 49.7 Å². The van der Waals surface area contributed by atoms with E-state index in [4.69, 9.17) is 30.4 Å². The quantitative estimate of drug-likeness (QED) is 0.273. The highest BCUT2D eigenvalue weighted by atomic mass is 35.5. The average molecular weight is 484 g/mol. The molecule has 0 spiro atoms. The van der Waals surface area contributed by atoms with Crippen molar-refractivity contribution in [1.29, 1.82) is 0 Å². The molecular formula is C25H26ClN3O5. The normalized spacial score (nSPS) is 14.8. The fourth-order valence-corrected chi connectivity index (χ4v) is 4.01. The van der Waals surface area contributed by atoms with E-state index in [1.165, 1.54) is 0 Å². The number of carbonyl (C=O) groups is 1. The van der Waals surface area contributed by atoms with Gasteiger partial charge in [-0.3, -0.25) is 4.90 Å². The van der Waals surface area contributed by atoms with Crippen LogP contribution in [0.1, 0.15) is 34.2 Å². The van der Waals surface area contributed by atoms with Gasteiger partial charge in [-0.2, -0.15) is 0 Å². The van der Waals surface area contributed by atoms with Gasteiger partial charge in [0.2, 0.25) is 0 Å². The molecule has 2 aromatic carbocycles. The molecule has 3 aromatic rings. The Morgan fingerprint density at radius 2 is 1.97 bits per heavy atom. The number of hydrogen-bond donors (Lipinski definition) is 0. The van der Waals surface area contributed by atoms with Crippen molar-refractivity contribution in [2.24, 2.45) is 5.16 Å². The van der Waals surface area contributed by atoms with Crippen LogP contribution in [0.25, 0.3) is 11.3 Å². The monoisotopic (exact) mass is 483 g/mol. The lowest BCUT2D eigenvalue weighted by Gasteiger charge is -2.27. The Kier molecular flexibility index (Phi) is 7.62. The zero-order valence-electron chi connectivity index (χ0n) is 19.3. The van der Waals surface area contributed by atoms with Gasteiger partial charge in [0.25, 0.3) is 0 Å². The molecule has 2 heterocycles. The van der Waals surface area contributed by atoms with Crippen molar-refractivity contribution >= 4 is 23.3 Å². The van der Waals surface area contributed by atoms with Gasteiger partial charge in [-0.05, 0) is 43.7 Å². The molecule has 0 aliphatic carbocycles. The van der Waals surface area contributed by atoms with Crippen molar-refractivity contribution in [3.8, 4) is 17.0 Å². The molecule has 0 atom stereocenters. The summed E-state index contributed by atoms with van der Waals surface area (Å²) in [5.74, 6) is 0.449. The molecule has 34 heavy (non-hydrogen) atoms. The molecule has 0 N–H and O–H groups in total. The standard InChI is InChI=1S/C25H26ClN3O5/c1-16(18-8-9-22(31-3)19(14-18)15-29-10-12-32-13-11-29)27-34-25(30)23-17(2)33-28-24(23)20-6-4-5-7-21(20)26/h4-9,14H,10-13,15H2,1-3H3/b27-16+. The van der Waals surface area contributed by atoms with Crippen LogP contribution < -0.4 is 4.74 Å². The fraction of sp³-hybridized carbons (Fsp3) is 0.320. The van der Waals surface area contributed by atoms with Crippen LogP contribution in [0.15, 0.2) is 52.1 Å². The Hall–Kier alpha value is -3.20. The minimum absolute atomic E-state index is 0.187. The first-order chi connectivity index (χ1) is 16.5. The number of carbonyl (C=O) groups excluding carboxylic acids is 1. The Balaban J connectivity index is 1.54. The topological polar surface area (TPSA) is 86.4 Å². The maximum atomic E-state index is 12.9. The van der Waals surface area contributed by atoms with Gasteiger partial charge >= 0.3 is 5.97 Å². The number of morpholine rings is 1. The first-order valence-electron chi connectivity index (χ1n) is 10.9. The summed E-state index contributed by atoms with van der Waals surface area (Å²) in [5.41, 5.74) is 3.48. The molecular weight excluding hydrogens is 458 g/mol. The van der Waals surface area contributed by atoms with Gasteiger partial charge in [0.15, 0.2) is 0 Å². The van der Waals surface area contributed by atoms with Crippen molar-refractivity contribution in [1.82, 2.24) is 10.1 Å². The zero-order valence-corrected chi connectivity index (χ0v) is 20.1. The van der Waals surface area contributed by atoms with Gasteiger partial charge in [0.05, 0.1) is 31.1 Å². The SMILES string of the molecule is COc1ccc(/C(C)=N/OC(=O)c2c(-c3ccccc3Cl)noc2C)cc1CN1CCOCC1. The Labute approximate surface area is 203 Å². The molecule has 1 saturated heterocycles. The lowest BCUT2D eigenvalue weighted by molar-refractivity contribution is 0.0339. The van der Waals surface area contributed by atoms with Gasteiger partial charge in [-0.1, -0.05) is 40.1 Å². The van der Waals surface area contributed by atoms with E-state index in [1.54, 1.807) is 45.2 Å². The number of methoxy groups -OCH3 is 1. The predicted molar refractivity (Wildman–Crippen MR) is 128 cm³/mol. The van der Waals surface area contributed by atoms with Gasteiger partial charge in [0.1, 0.15) is 22.8 Å². The van der Waals surface area contributed by atoms with Crippen LogP contribution in [0, 0.1) is 6.92 Å². The molecule has 9 heteroatoms. The summed E-state index contributed by atoms with van der Waals surface area (Å²) in [7, 11) is 1.65. The third-order valence-electron chi connectivity index (χ3n) is 5.66. The molecule has 1 aliphatic rings. The number of halogens is 1. The lowest BCUT2D eigenvalue weighted by Crippen LogP contribution is -2.35. The summed E-state index contributed by atoms with van der Waals surface area (Å²) in [4.78, 5) is 20.5. The molecule has 8 nitrogen and oxygen atoms in total. The van der Waals surface area contributed by atoms with Crippen molar-refractivity contribution in [3.63, 3.8) is 0 Å². The maximum Gasteiger partial charge on any atom is 0.371 e. The van der Waals surface area contributed by atoms with Gasteiger partial charge in [-0.25, -0.2) is 4.79 Å². The third-order valence-corrected chi connectivity index (χ3v) is 5.99. The van der Waals surface area contributed by atoms with E-state index in [1.807, 2.05) is 18.2 Å². The number of hydrogen-bond acceptors (Lipinski definition) is 8. The van der Waals surface area contributed by atoms with Crippen molar-refractivity contribution in [2.45, 2.75) is 20.4 Å². The van der Waals surface area contributed by atoms with Crippen molar-refractivity contribution in [3.05, 3.63) is 69.9 Å². The minimum atomic E-state index is -0.671. The molecule has 1 aliphatic heterocycles. The zero-order chi connectivity index (χ0) is 24.1. The number of aryl methyl sites for hydroxylation is 1. The maximum absolute atomic E-state index is 12.9. The number of benzene rings is 2. The second-order valence-electron chi connectivity index (χ2n) is 7.91. The molecule has 0 bridgehead atoms. The number of ether oxygens (including phenoxy) is 2. The minimum Gasteiger partial charge on any atom is -0.496 e. The van der Waals surface area contributed by atoms with Crippen LogP contribution >= 0.6 is 11.6 Å². The molecule has 178 valence electrons. The highest BCUT2D eigenvalue weighted by Crippen LogP contribution is 2.31. The van der Waals surface area contributed by atoms with E-state index < -0.39 is 5.97 Å². The summed E-state index contributed by atoms with van der Waals surface area (Å²) < 4.78 is 16.2. The second kappa shape index (κ2) is 10.8. The van der Waals surface area contributed by atoms with Gasteiger partial charge < -0.3 is 18.8 Å². The summed E-state index contributed by atoms with van der Waals surface area (Å²) in [6.45, 7) is 7.32.